The predicted octanol–water partition coefficient (Wildman–Crippen LogP) is 12.1. The standard InChI is InChI=1S/C37H41N3.3C2H6.CH4O/c1-5-39(6-2)31-22-18-28(19-23-31)37(29-20-24-32(25-21-29)40(7-3)8-4)35-26-27-36(34-17-13-12-16-33(34)35)38-30-14-10-9-11-15-30;4*1-2/h9-27,37-38H,5-8H2,1-4H3;3*1-2H3;2H,1H3. The van der Waals surface area contributed by atoms with E-state index in [2.05, 4.69) is 152 Å². The normalized spacial score (nSPS) is 9.77. The van der Waals surface area contributed by atoms with E-state index < -0.39 is 0 Å². The fourth-order valence-corrected chi connectivity index (χ4v) is 5.84. The number of rotatable bonds is 11. The van der Waals surface area contributed by atoms with Gasteiger partial charge in [0.2, 0.25) is 0 Å². The molecule has 0 amide bonds. The highest BCUT2D eigenvalue weighted by Gasteiger charge is 2.21. The summed E-state index contributed by atoms with van der Waals surface area (Å²) in [5, 5.41) is 13.1. The quantitative estimate of drug-likeness (QED) is 0.140. The zero-order valence-corrected chi connectivity index (χ0v) is 31.7. The first-order valence-electron chi connectivity index (χ1n) is 18.1. The van der Waals surface area contributed by atoms with E-state index in [4.69, 9.17) is 5.11 Å². The van der Waals surface area contributed by atoms with Gasteiger partial charge in [-0.1, -0.05) is 114 Å². The highest BCUT2D eigenvalue weighted by atomic mass is 16.2. The number of hydrogen-bond donors (Lipinski definition) is 2. The molecular formula is C44H63N3O. The fourth-order valence-electron chi connectivity index (χ4n) is 5.84. The van der Waals surface area contributed by atoms with Gasteiger partial charge in [0.25, 0.3) is 0 Å². The van der Waals surface area contributed by atoms with Crippen molar-refractivity contribution in [2.24, 2.45) is 0 Å². The molecule has 4 nitrogen and oxygen atoms in total. The van der Waals surface area contributed by atoms with Crippen LogP contribution < -0.4 is 15.1 Å². The number of aliphatic hydroxyl groups excluding tert-OH is 1. The van der Waals surface area contributed by atoms with Crippen LogP contribution in [0, 0.1) is 0 Å². The minimum absolute atomic E-state index is 0.118. The second kappa shape index (κ2) is 23.9. The summed E-state index contributed by atoms with van der Waals surface area (Å²) < 4.78 is 0. The molecule has 4 heteroatoms. The van der Waals surface area contributed by atoms with Crippen molar-refractivity contribution in [1.29, 1.82) is 0 Å². The van der Waals surface area contributed by atoms with Crippen molar-refractivity contribution >= 4 is 33.5 Å². The van der Waals surface area contributed by atoms with Gasteiger partial charge in [0, 0.05) is 67.3 Å². The first kappa shape index (κ1) is 41.7. The van der Waals surface area contributed by atoms with Crippen molar-refractivity contribution in [3.63, 3.8) is 0 Å². The Kier molecular flexibility index (Phi) is 20.8. The van der Waals surface area contributed by atoms with Crippen LogP contribution in [0.3, 0.4) is 0 Å². The lowest BCUT2D eigenvalue weighted by atomic mass is 9.82. The summed E-state index contributed by atoms with van der Waals surface area (Å²) in [5.74, 6) is 0.118. The number of para-hydroxylation sites is 1. The number of nitrogens with one attached hydrogen (secondary N) is 1. The van der Waals surface area contributed by atoms with Gasteiger partial charge in [0.1, 0.15) is 0 Å². The lowest BCUT2D eigenvalue weighted by Crippen LogP contribution is -2.22. The SMILES string of the molecule is CC.CC.CC.CCN(CC)c1ccc(C(c2ccc(N(CC)CC)cc2)c2ccc(Nc3ccccc3)c3ccccc23)cc1.CO. The molecule has 0 aliphatic heterocycles. The molecule has 0 aliphatic rings. The van der Waals surface area contributed by atoms with E-state index in [1.807, 2.05) is 47.6 Å². The molecule has 5 aromatic rings. The maximum atomic E-state index is 7.00. The number of anilines is 4. The molecule has 0 spiro atoms. The summed E-state index contributed by atoms with van der Waals surface area (Å²) >= 11 is 0. The van der Waals surface area contributed by atoms with Gasteiger partial charge >= 0.3 is 0 Å². The van der Waals surface area contributed by atoms with Gasteiger partial charge in [-0.05, 0) is 92.2 Å². The molecule has 2 N–H and O–H groups in total. The molecule has 0 unspecified atom stereocenters. The summed E-state index contributed by atoms with van der Waals surface area (Å²) in [7, 11) is 1.00. The molecule has 0 bridgehead atoms. The Labute approximate surface area is 293 Å². The van der Waals surface area contributed by atoms with Crippen LogP contribution in [0.2, 0.25) is 0 Å². The third-order valence-corrected chi connectivity index (χ3v) is 8.03. The van der Waals surface area contributed by atoms with E-state index in [1.165, 1.54) is 38.8 Å². The molecule has 0 saturated heterocycles. The van der Waals surface area contributed by atoms with Crippen LogP contribution in [0.1, 0.15) is 91.8 Å². The lowest BCUT2D eigenvalue weighted by molar-refractivity contribution is 0.399. The predicted molar refractivity (Wildman–Crippen MR) is 217 cm³/mol. The largest absolute Gasteiger partial charge is 0.400 e. The second-order valence-electron chi connectivity index (χ2n) is 10.2. The smallest absolute Gasteiger partial charge is 0.0464 e. The van der Waals surface area contributed by atoms with Crippen LogP contribution in [0.15, 0.2) is 115 Å². The molecule has 0 aliphatic carbocycles. The maximum absolute atomic E-state index is 7.00. The molecule has 0 atom stereocenters. The average molecular weight is 650 g/mol. The van der Waals surface area contributed by atoms with Gasteiger partial charge in [-0.2, -0.15) is 0 Å². The van der Waals surface area contributed by atoms with E-state index in [1.54, 1.807) is 0 Å². The fraction of sp³-hybridized carbons (Fsp3) is 0.364. The van der Waals surface area contributed by atoms with Crippen LogP contribution in [-0.2, 0) is 0 Å². The summed E-state index contributed by atoms with van der Waals surface area (Å²) in [6.07, 6.45) is 0. The van der Waals surface area contributed by atoms with Crippen LogP contribution in [0.25, 0.3) is 10.8 Å². The van der Waals surface area contributed by atoms with Crippen molar-refractivity contribution < 1.29 is 5.11 Å². The Bertz CT molecular complexity index is 1450. The molecule has 5 aromatic carbocycles. The molecule has 0 fully saturated rings. The molecule has 0 saturated carbocycles. The second-order valence-corrected chi connectivity index (χ2v) is 10.2. The monoisotopic (exact) mass is 649 g/mol. The van der Waals surface area contributed by atoms with Crippen molar-refractivity contribution in [3.05, 3.63) is 132 Å². The number of hydrogen-bond acceptors (Lipinski definition) is 4. The Balaban J connectivity index is 0.00000134. The van der Waals surface area contributed by atoms with Crippen LogP contribution >= 0.6 is 0 Å². The molecule has 0 heterocycles. The molecule has 5 rings (SSSR count). The first-order chi connectivity index (χ1) is 23.7. The van der Waals surface area contributed by atoms with Gasteiger partial charge in [-0.15, -0.1) is 0 Å². The lowest BCUT2D eigenvalue weighted by Gasteiger charge is -2.26. The Morgan fingerprint density at radius 3 is 1.29 bits per heavy atom. The number of aliphatic hydroxyl groups is 1. The zero-order valence-electron chi connectivity index (χ0n) is 31.7. The van der Waals surface area contributed by atoms with E-state index in [-0.39, 0.29) is 5.92 Å². The number of fused-ring (bicyclic) bond motifs is 1. The molecule has 48 heavy (non-hydrogen) atoms. The van der Waals surface area contributed by atoms with Gasteiger partial charge in [-0.3, -0.25) is 0 Å². The van der Waals surface area contributed by atoms with Crippen molar-refractivity contribution in [1.82, 2.24) is 0 Å². The van der Waals surface area contributed by atoms with Crippen LogP contribution in [0.4, 0.5) is 22.7 Å². The minimum Gasteiger partial charge on any atom is -0.400 e. The highest BCUT2D eigenvalue weighted by Crippen LogP contribution is 2.40. The topological polar surface area (TPSA) is 38.7 Å². The summed E-state index contributed by atoms with van der Waals surface area (Å²) in [4.78, 5) is 4.80. The Morgan fingerprint density at radius 2 is 0.875 bits per heavy atom. The number of nitrogens with zero attached hydrogens (tertiary/aromatic N) is 2. The molecule has 260 valence electrons. The van der Waals surface area contributed by atoms with Gasteiger partial charge in [0.15, 0.2) is 0 Å². The Morgan fingerprint density at radius 1 is 0.479 bits per heavy atom. The number of benzene rings is 5. The highest BCUT2D eigenvalue weighted by molar-refractivity contribution is 5.98. The van der Waals surface area contributed by atoms with Crippen LogP contribution in [-0.4, -0.2) is 38.4 Å². The van der Waals surface area contributed by atoms with Crippen molar-refractivity contribution in [2.45, 2.75) is 75.2 Å². The summed E-state index contributed by atoms with van der Waals surface area (Å²) in [6.45, 7) is 24.9. The summed E-state index contributed by atoms with van der Waals surface area (Å²) in [5.41, 5.74) is 8.70. The molecule has 0 radical (unpaired) electrons. The zero-order chi connectivity index (χ0) is 35.9. The average Bonchev–Trinajstić information content (AvgIpc) is 3.18. The van der Waals surface area contributed by atoms with E-state index in [9.17, 15) is 0 Å². The van der Waals surface area contributed by atoms with Gasteiger partial charge in [-0.25, -0.2) is 0 Å². The van der Waals surface area contributed by atoms with Crippen LogP contribution in [0.5, 0.6) is 0 Å². The molecule has 0 aromatic heterocycles. The van der Waals surface area contributed by atoms with Gasteiger partial charge in [0.05, 0.1) is 0 Å². The molecular weight excluding hydrogens is 587 g/mol. The summed E-state index contributed by atoms with van der Waals surface area (Å²) in [6, 6.07) is 42.2. The Hall–Kier alpha value is -4.28. The third kappa shape index (κ3) is 10.9. The van der Waals surface area contributed by atoms with E-state index >= 15 is 0 Å². The van der Waals surface area contributed by atoms with E-state index in [0.717, 1.165) is 44.7 Å². The van der Waals surface area contributed by atoms with Gasteiger partial charge < -0.3 is 20.2 Å². The first-order valence-corrected chi connectivity index (χ1v) is 18.1. The minimum atomic E-state index is 0.118. The third-order valence-electron chi connectivity index (χ3n) is 8.03. The maximum Gasteiger partial charge on any atom is 0.0464 e. The van der Waals surface area contributed by atoms with E-state index in [0.29, 0.717) is 0 Å². The van der Waals surface area contributed by atoms with Crippen molar-refractivity contribution in [2.75, 3.05) is 48.4 Å². The van der Waals surface area contributed by atoms with Crippen molar-refractivity contribution in [3.8, 4) is 0 Å².